The molecule has 25 heavy (non-hydrogen) atoms. The number of amides is 2. The van der Waals surface area contributed by atoms with E-state index >= 15 is 0 Å². The first-order valence-corrected chi connectivity index (χ1v) is 8.27. The molecule has 4 rings (SSSR count). The number of rotatable bonds is 3. The Morgan fingerprint density at radius 1 is 1.16 bits per heavy atom. The zero-order chi connectivity index (χ0) is 17.4. The first kappa shape index (κ1) is 15.3. The standard InChI is InChI=1S/C20H20N4O/c1-13-9-15-10-14(7-8-17(15)22-13)11-21-20(25)23-18-12-24(2)19-6-4-3-5-16(18)19/h3-10,12,22H,11H2,1-2H3,(H2,21,23,25). The second-order valence-electron chi connectivity index (χ2n) is 6.35. The maximum atomic E-state index is 12.3. The molecule has 0 saturated heterocycles. The summed E-state index contributed by atoms with van der Waals surface area (Å²) in [5.74, 6) is 0. The van der Waals surface area contributed by atoms with Gasteiger partial charge in [-0.05, 0) is 42.1 Å². The van der Waals surface area contributed by atoms with Gasteiger partial charge in [0.15, 0.2) is 0 Å². The van der Waals surface area contributed by atoms with Crippen molar-refractivity contribution in [2.24, 2.45) is 7.05 Å². The molecular weight excluding hydrogens is 312 g/mol. The number of aromatic amines is 1. The quantitative estimate of drug-likeness (QED) is 0.515. The fourth-order valence-electron chi connectivity index (χ4n) is 3.23. The summed E-state index contributed by atoms with van der Waals surface area (Å²) < 4.78 is 2.01. The molecular formula is C20H20N4O. The molecule has 2 aromatic carbocycles. The molecule has 3 N–H and O–H groups in total. The number of para-hydroxylation sites is 1. The molecule has 2 aromatic heterocycles. The second kappa shape index (κ2) is 6.02. The van der Waals surface area contributed by atoms with Gasteiger partial charge in [0.2, 0.25) is 0 Å². The number of aryl methyl sites for hydroxylation is 2. The van der Waals surface area contributed by atoms with E-state index in [1.54, 1.807) is 0 Å². The summed E-state index contributed by atoms with van der Waals surface area (Å²) in [5, 5.41) is 8.05. The first-order chi connectivity index (χ1) is 12.1. The van der Waals surface area contributed by atoms with Crippen LogP contribution in [0.25, 0.3) is 21.8 Å². The van der Waals surface area contributed by atoms with Crippen LogP contribution in [0, 0.1) is 6.92 Å². The van der Waals surface area contributed by atoms with Crippen molar-refractivity contribution < 1.29 is 4.79 Å². The van der Waals surface area contributed by atoms with Gasteiger partial charge in [-0.2, -0.15) is 0 Å². The van der Waals surface area contributed by atoms with Crippen molar-refractivity contribution in [2.45, 2.75) is 13.5 Å². The van der Waals surface area contributed by atoms with Crippen LogP contribution in [0.5, 0.6) is 0 Å². The van der Waals surface area contributed by atoms with Gasteiger partial charge in [-0.15, -0.1) is 0 Å². The van der Waals surface area contributed by atoms with Crippen LogP contribution in [-0.4, -0.2) is 15.6 Å². The summed E-state index contributed by atoms with van der Waals surface area (Å²) in [6.07, 6.45) is 1.93. The van der Waals surface area contributed by atoms with Crippen LogP contribution < -0.4 is 10.6 Å². The summed E-state index contributed by atoms with van der Waals surface area (Å²) in [7, 11) is 1.97. The molecule has 0 aliphatic heterocycles. The Hall–Kier alpha value is -3.21. The van der Waals surface area contributed by atoms with Gasteiger partial charge >= 0.3 is 6.03 Å². The normalized spacial score (nSPS) is 11.1. The smallest absolute Gasteiger partial charge is 0.319 e. The van der Waals surface area contributed by atoms with Crippen molar-refractivity contribution in [3.05, 3.63) is 66.0 Å². The van der Waals surface area contributed by atoms with E-state index in [4.69, 9.17) is 0 Å². The summed E-state index contributed by atoms with van der Waals surface area (Å²) >= 11 is 0. The fraction of sp³-hybridized carbons (Fsp3) is 0.150. The largest absolute Gasteiger partial charge is 0.359 e. The molecule has 0 aliphatic carbocycles. The third kappa shape index (κ3) is 2.96. The van der Waals surface area contributed by atoms with Crippen molar-refractivity contribution in [1.82, 2.24) is 14.9 Å². The zero-order valence-electron chi connectivity index (χ0n) is 14.3. The predicted molar refractivity (Wildman–Crippen MR) is 102 cm³/mol. The van der Waals surface area contributed by atoms with Gasteiger partial charge in [-0.1, -0.05) is 24.3 Å². The average Bonchev–Trinajstić information content (AvgIpc) is 3.12. The molecule has 4 aromatic rings. The van der Waals surface area contributed by atoms with Crippen LogP contribution >= 0.6 is 0 Å². The topological polar surface area (TPSA) is 61.9 Å². The number of benzene rings is 2. The molecule has 0 radical (unpaired) electrons. The molecule has 0 spiro atoms. The van der Waals surface area contributed by atoms with Gasteiger partial charge in [0, 0.05) is 41.9 Å². The van der Waals surface area contributed by atoms with Gasteiger partial charge in [0.1, 0.15) is 0 Å². The lowest BCUT2D eigenvalue weighted by atomic mass is 10.1. The lowest BCUT2D eigenvalue weighted by Gasteiger charge is -2.07. The molecule has 5 heteroatoms. The number of hydrogen-bond donors (Lipinski definition) is 3. The molecule has 0 aliphatic rings. The van der Waals surface area contributed by atoms with Gasteiger partial charge in [0.05, 0.1) is 5.69 Å². The molecule has 126 valence electrons. The van der Waals surface area contributed by atoms with E-state index in [-0.39, 0.29) is 6.03 Å². The van der Waals surface area contributed by atoms with Gasteiger partial charge in [-0.3, -0.25) is 0 Å². The van der Waals surface area contributed by atoms with Gasteiger partial charge in [0.25, 0.3) is 0 Å². The van der Waals surface area contributed by atoms with Crippen molar-refractivity contribution in [3.8, 4) is 0 Å². The maximum Gasteiger partial charge on any atom is 0.319 e. The molecule has 2 amide bonds. The minimum atomic E-state index is -0.207. The number of carbonyl (C=O) groups excluding carboxylic acids is 1. The number of fused-ring (bicyclic) bond motifs is 2. The minimum absolute atomic E-state index is 0.207. The Morgan fingerprint density at radius 3 is 2.88 bits per heavy atom. The van der Waals surface area contributed by atoms with Gasteiger partial charge < -0.3 is 20.2 Å². The Morgan fingerprint density at radius 2 is 2.00 bits per heavy atom. The molecule has 0 atom stereocenters. The molecule has 0 unspecified atom stereocenters. The van der Waals surface area contributed by atoms with Crippen molar-refractivity contribution in [3.63, 3.8) is 0 Å². The number of hydrogen-bond acceptors (Lipinski definition) is 1. The maximum absolute atomic E-state index is 12.3. The van der Waals surface area contributed by atoms with Crippen LogP contribution in [0.1, 0.15) is 11.3 Å². The summed E-state index contributed by atoms with van der Waals surface area (Å²) in [6.45, 7) is 2.52. The first-order valence-electron chi connectivity index (χ1n) is 8.27. The highest BCUT2D eigenvalue weighted by Gasteiger charge is 2.09. The minimum Gasteiger partial charge on any atom is -0.359 e. The number of nitrogens with one attached hydrogen (secondary N) is 3. The van der Waals surface area contributed by atoms with Crippen LogP contribution in [-0.2, 0) is 13.6 Å². The molecule has 2 heterocycles. The van der Waals surface area contributed by atoms with Crippen molar-refractivity contribution in [1.29, 1.82) is 0 Å². The zero-order valence-corrected chi connectivity index (χ0v) is 14.3. The highest BCUT2D eigenvalue weighted by atomic mass is 16.2. The van der Waals surface area contributed by atoms with Gasteiger partial charge in [-0.25, -0.2) is 4.79 Å². The predicted octanol–water partition coefficient (Wildman–Crippen LogP) is 4.29. The molecule has 0 bridgehead atoms. The Labute approximate surface area is 145 Å². The van der Waals surface area contributed by atoms with E-state index in [1.165, 1.54) is 0 Å². The summed E-state index contributed by atoms with van der Waals surface area (Å²) in [4.78, 5) is 15.6. The monoisotopic (exact) mass is 332 g/mol. The number of H-pyrrole nitrogens is 1. The van der Waals surface area contributed by atoms with Crippen molar-refractivity contribution >= 4 is 33.5 Å². The third-order valence-electron chi connectivity index (χ3n) is 4.42. The van der Waals surface area contributed by atoms with E-state index in [0.717, 1.165) is 38.8 Å². The number of anilines is 1. The Balaban J connectivity index is 1.46. The highest BCUT2D eigenvalue weighted by Crippen LogP contribution is 2.24. The van der Waals surface area contributed by atoms with Crippen LogP contribution in [0.3, 0.4) is 0 Å². The van der Waals surface area contributed by atoms with E-state index in [9.17, 15) is 4.79 Å². The highest BCUT2D eigenvalue weighted by molar-refractivity contribution is 6.01. The summed E-state index contributed by atoms with van der Waals surface area (Å²) in [6, 6.07) is 16.1. The SMILES string of the molecule is Cc1cc2cc(CNC(=O)Nc3cn(C)c4ccccc34)ccc2[nH]1. The fourth-order valence-corrected chi connectivity index (χ4v) is 3.23. The summed E-state index contributed by atoms with van der Waals surface area (Å²) in [5.41, 5.74) is 5.22. The van der Waals surface area contributed by atoms with Crippen molar-refractivity contribution in [2.75, 3.05) is 5.32 Å². The second-order valence-corrected chi connectivity index (χ2v) is 6.35. The number of aromatic nitrogens is 2. The Bertz CT molecular complexity index is 1070. The lowest BCUT2D eigenvalue weighted by molar-refractivity contribution is 0.252. The van der Waals surface area contributed by atoms with E-state index in [1.807, 2.05) is 61.1 Å². The third-order valence-corrected chi connectivity index (χ3v) is 4.42. The Kier molecular flexibility index (Phi) is 3.69. The molecule has 0 saturated carbocycles. The lowest BCUT2D eigenvalue weighted by Crippen LogP contribution is -2.28. The molecule has 0 fully saturated rings. The average molecular weight is 332 g/mol. The van der Waals surface area contributed by atoms with Crippen LogP contribution in [0.15, 0.2) is 54.7 Å². The van der Waals surface area contributed by atoms with Crippen LogP contribution in [0.4, 0.5) is 10.5 Å². The number of urea groups is 1. The van der Waals surface area contributed by atoms with E-state index < -0.39 is 0 Å². The van der Waals surface area contributed by atoms with E-state index in [0.29, 0.717) is 6.54 Å². The number of carbonyl (C=O) groups is 1. The van der Waals surface area contributed by atoms with E-state index in [2.05, 4.69) is 27.8 Å². The number of nitrogens with zero attached hydrogens (tertiary/aromatic N) is 1. The molecule has 5 nitrogen and oxygen atoms in total. The van der Waals surface area contributed by atoms with Crippen LogP contribution in [0.2, 0.25) is 0 Å².